The van der Waals surface area contributed by atoms with Gasteiger partial charge >= 0.3 is 5.97 Å². The van der Waals surface area contributed by atoms with Crippen molar-refractivity contribution in [3.63, 3.8) is 0 Å². The predicted octanol–water partition coefficient (Wildman–Crippen LogP) is 4.52. The van der Waals surface area contributed by atoms with Crippen LogP contribution in [0.2, 0.25) is 0 Å². The number of rotatable bonds is 13. The fraction of sp³-hybridized carbons (Fsp3) is 0.440. The van der Waals surface area contributed by atoms with Gasteiger partial charge in [-0.05, 0) is 61.4 Å². The van der Waals surface area contributed by atoms with Gasteiger partial charge in [0.15, 0.2) is 17.1 Å². The fourth-order valence-corrected chi connectivity index (χ4v) is 3.34. The van der Waals surface area contributed by atoms with E-state index in [2.05, 4.69) is 29.3 Å². The summed E-state index contributed by atoms with van der Waals surface area (Å²) in [5, 5.41) is 19.8. The van der Waals surface area contributed by atoms with Crippen LogP contribution in [-0.4, -0.2) is 48.3 Å². The Balaban J connectivity index is 1.97. The number of hydrogen-bond acceptors (Lipinski definition) is 5. The number of hydrogen-bond donors (Lipinski definition) is 2. The summed E-state index contributed by atoms with van der Waals surface area (Å²) in [5.41, 5.74) is 0.698. The molecule has 6 heteroatoms. The Hall–Kier alpha value is -2.86. The van der Waals surface area contributed by atoms with Crippen molar-refractivity contribution in [3.05, 3.63) is 59.7 Å². The Kier molecular flexibility index (Phi) is 9.53. The Morgan fingerprint density at radius 2 is 1.81 bits per heavy atom. The Morgan fingerprint density at radius 3 is 2.42 bits per heavy atom. The van der Waals surface area contributed by atoms with Crippen LogP contribution >= 0.6 is 0 Å². The molecule has 2 aromatic rings. The lowest BCUT2D eigenvalue weighted by molar-refractivity contribution is -0.157. The van der Waals surface area contributed by atoms with Crippen LogP contribution in [0.1, 0.15) is 50.2 Å². The van der Waals surface area contributed by atoms with Crippen LogP contribution in [0.15, 0.2) is 53.5 Å². The van der Waals surface area contributed by atoms with Gasteiger partial charge in [0, 0.05) is 19.2 Å². The second-order valence-corrected chi connectivity index (χ2v) is 7.55. The Morgan fingerprint density at radius 1 is 1.06 bits per heavy atom. The van der Waals surface area contributed by atoms with Gasteiger partial charge in [0.25, 0.3) is 0 Å². The van der Waals surface area contributed by atoms with Crippen LogP contribution in [0, 0.1) is 0 Å². The Labute approximate surface area is 184 Å². The maximum Gasteiger partial charge on any atom is 0.336 e. The molecule has 1 atom stereocenters. The first-order valence-electron chi connectivity index (χ1n) is 10.7. The highest BCUT2D eigenvalue weighted by molar-refractivity contribution is 6.03. The van der Waals surface area contributed by atoms with Gasteiger partial charge < -0.3 is 19.7 Å². The van der Waals surface area contributed by atoms with Gasteiger partial charge in [-0.1, -0.05) is 37.3 Å². The molecule has 0 saturated carbocycles. The number of carboxylic acid groups (broad SMARTS) is 1. The van der Waals surface area contributed by atoms with Crippen molar-refractivity contribution < 1.29 is 24.5 Å². The number of methoxy groups -OCH3 is 1. The predicted molar refractivity (Wildman–Crippen MR) is 122 cm³/mol. The van der Waals surface area contributed by atoms with Crippen molar-refractivity contribution >= 4 is 11.7 Å². The smallest absolute Gasteiger partial charge is 0.336 e. The van der Waals surface area contributed by atoms with Crippen LogP contribution < -0.4 is 9.47 Å². The van der Waals surface area contributed by atoms with E-state index in [0.29, 0.717) is 29.4 Å². The van der Waals surface area contributed by atoms with E-state index in [1.54, 1.807) is 39.3 Å². The van der Waals surface area contributed by atoms with Gasteiger partial charge in [0.2, 0.25) is 0 Å². The molecule has 0 heterocycles. The van der Waals surface area contributed by atoms with Crippen molar-refractivity contribution in [2.75, 3.05) is 20.8 Å². The molecular weight excluding hydrogens is 394 g/mol. The number of benzene rings is 2. The van der Waals surface area contributed by atoms with E-state index in [-0.39, 0.29) is 12.8 Å². The molecule has 0 amide bonds. The number of aliphatic hydroxyl groups is 1. The second kappa shape index (κ2) is 12.1. The minimum atomic E-state index is -1.85. The van der Waals surface area contributed by atoms with E-state index in [4.69, 9.17) is 9.47 Å². The third kappa shape index (κ3) is 7.10. The number of aliphatic carboxylic acids is 1. The zero-order chi connectivity index (χ0) is 22.7. The minimum Gasteiger partial charge on any atom is -0.493 e. The Bertz CT molecular complexity index is 865. The lowest BCUT2D eigenvalue weighted by Crippen LogP contribution is -2.40. The van der Waals surface area contributed by atoms with E-state index in [1.165, 1.54) is 5.56 Å². The zero-order valence-electron chi connectivity index (χ0n) is 18.6. The van der Waals surface area contributed by atoms with Crippen LogP contribution in [0.3, 0.4) is 0 Å². The van der Waals surface area contributed by atoms with Gasteiger partial charge in [-0.25, -0.2) is 4.79 Å². The molecule has 0 aliphatic rings. The van der Waals surface area contributed by atoms with Gasteiger partial charge in [-0.3, -0.25) is 4.99 Å². The van der Waals surface area contributed by atoms with Crippen molar-refractivity contribution in [3.8, 4) is 11.5 Å². The quantitative estimate of drug-likeness (QED) is 0.362. The molecule has 2 rings (SSSR count). The normalized spacial score (nSPS) is 13.5. The summed E-state index contributed by atoms with van der Waals surface area (Å²) in [7, 11) is 3.17. The molecule has 0 bridgehead atoms. The summed E-state index contributed by atoms with van der Waals surface area (Å²) < 4.78 is 11.4. The summed E-state index contributed by atoms with van der Waals surface area (Å²) in [4.78, 5) is 15.7. The summed E-state index contributed by atoms with van der Waals surface area (Å²) in [5.74, 6) is -0.0660. The summed E-state index contributed by atoms with van der Waals surface area (Å²) in [6.07, 6.45) is 4.14. The first-order valence-corrected chi connectivity index (χ1v) is 10.7. The van der Waals surface area contributed by atoms with Gasteiger partial charge in [-0.15, -0.1) is 0 Å². The molecule has 0 aliphatic carbocycles. The highest BCUT2D eigenvalue weighted by Gasteiger charge is 2.35. The monoisotopic (exact) mass is 427 g/mol. The number of aliphatic imine (C=N–C) groups is 1. The fourth-order valence-electron chi connectivity index (χ4n) is 3.34. The maximum absolute atomic E-state index is 11.5. The molecule has 6 nitrogen and oxygen atoms in total. The van der Waals surface area contributed by atoms with E-state index in [9.17, 15) is 15.0 Å². The van der Waals surface area contributed by atoms with Crippen LogP contribution in [0.25, 0.3) is 0 Å². The minimum absolute atomic E-state index is 0.0827. The molecule has 2 aromatic carbocycles. The number of unbranched alkanes of at least 4 members (excludes halogenated alkanes) is 2. The number of aryl methyl sites for hydroxylation is 1. The zero-order valence-corrected chi connectivity index (χ0v) is 18.6. The number of carbonyl (C=O) groups is 1. The van der Waals surface area contributed by atoms with Gasteiger partial charge in [0.05, 0.1) is 13.7 Å². The van der Waals surface area contributed by atoms with E-state index in [1.807, 2.05) is 6.07 Å². The highest BCUT2D eigenvalue weighted by Crippen LogP contribution is 2.30. The number of nitrogens with zero attached hydrogens (tertiary/aromatic N) is 1. The van der Waals surface area contributed by atoms with Crippen molar-refractivity contribution in [2.45, 2.75) is 51.0 Å². The molecule has 0 radical (unpaired) electrons. The largest absolute Gasteiger partial charge is 0.493 e. The average Bonchev–Trinajstić information content (AvgIpc) is 2.80. The second-order valence-electron chi connectivity index (χ2n) is 7.55. The third-order valence-electron chi connectivity index (χ3n) is 5.42. The molecule has 0 spiro atoms. The van der Waals surface area contributed by atoms with Gasteiger partial charge in [-0.2, -0.15) is 0 Å². The molecule has 2 N–H and O–H groups in total. The lowest BCUT2D eigenvalue weighted by atomic mass is 9.91. The first kappa shape index (κ1) is 24.4. The molecule has 0 saturated heterocycles. The topological polar surface area (TPSA) is 88.4 Å². The average molecular weight is 428 g/mol. The number of ether oxygens (including phenoxy) is 2. The van der Waals surface area contributed by atoms with Crippen LogP contribution in [0.5, 0.6) is 11.5 Å². The molecule has 0 fully saturated rings. The highest BCUT2D eigenvalue weighted by atomic mass is 16.5. The molecular formula is C25H33NO5. The van der Waals surface area contributed by atoms with E-state index >= 15 is 0 Å². The van der Waals surface area contributed by atoms with Crippen molar-refractivity contribution in [1.82, 2.24) is 0 Å². The SMILES string of the molecule is CCC(O)(CC(=NC)c1ccc(OC)c(OCCCCCc2ccccc2)c1)C(=O)O. The van der Waals surface area contributed by atoms with Crippen molar-refractivity contribution in [2.24, 2.45) is 4.99 Å². The molecule has 168 valence electrons. The maximum atomic E-state index is 11.5. The molecule has 0 aliphatic heterocycles. The summed E-state index contributed by atoms with van der Waals surface area (Å²) >= 11 is 0. The van der Waals surface area contributed by atoms with E-state index < -0.39 is 11.6 Å². The molecule has 31 heavy (non-hydrogen) atoms. The van der Waals surface area contributed by atoms with Crippen molar-refractivity contribution in [1.29, 1.82) is 0 Å². The lowest BCUT2D eigenvalue weighted by Gasteiger charge is -2.23. The van der Waals surface area contributed by atoms with Gasteiger partial charge in [0.1, 0.15) is 0 Å². The standard InChI is InChI=1S/C25H33NO5/c1-4-25(29,24(27)28)18-21(26-2)20-14-15-22(30-3)23(17-20)31-16-10-6-9-13-19-11-7-5-8-12-19/h5,7-8,11-12,14-15,17,29H,4,6,9-10,13,16,18H2,1-3H3,(H,27,28). The summed E-state index contributed by atoms with van der Waals surface area (Å²) in [6, 6.07) is 15.8. The third-order valence-corrected chi connectivity index (χ3v) is 5.42. The summed E-state index contributed by atoms with van der Waals surface area (Å²) in [6.45, 7) is 2.20. The molecule has 0 aromatic heterocycles. The number of carboxylic acids is 1. The first-order chi connectivity index (χ1) is 14.9. The van der Waals surface area contributed by atoms with Crippen LogP contribution in [0.4, 0.5) is 0 Å². The molecule has 1 unspecified atom stereocenters. The van der Waals surface area contributed by atoms with E-state index in [0.717, 1.165) is 25.7 Å². The van der Waals surface area contributed by atoms with Crippen LogP contribution in [-0.2, 0) is 11.2 Å².